The molecule has 14 heavy (non-hydrogen) atoms. The molecule has 0 atom stereocenters. The fraction of sp³-hybridized carbons (Fsp3) is 0.667. The normalized spacial score (nSPS) is 12.3. The first-order chi connectivity index (χ1) is 6.14. The predicted molar refractivity (Wildman–Crippen MR) is 56.2 cm³/mol. The summed E-state index contributed by atoms with van der Waals surface area (Å²) in [5.41, 5.74) is 0.181. The number of nitrogens with one attached hydrogen (secondary N) is 1. The van der Waals surface area contributed by atoms with Crippen molar-refractivity contribution in [3.8, 4) is 0 Å². The van der Waals surface area contributed by atoms with E-state index in [2.05, 4.69) is 6.58 Å². The zero-order valence-electron chi connectivity index (χ0n) is 9.05. The summed E-state index contributed by atoms with van der Waals surface area (Å²) in [6, 6.07) is 0. The lowest BCUT2D eigenvalue weighted by Gasteiger charge is -2.22. The first-order valence-corrected chi connectivity index (χ1v) is 5.84. The third-order valence-electron chi connectivity index (χ3n) is 2.19. The van der Waals surface area contributed by atoms with Crippen LogP contribution in [-0.4, -0.2) is 19.1 Å². The van der Waals surface area contributed by atoms with Gasteiger partial charge in [-0.05, 0) is 27.2 Å². The number of hydrogen-bond donors (Lipinski definition) is 1. The fourth-order valence-corrected chi connectivity index (χ4v) is 1.61. The number of amides is 1. The lowest BCUT2D eigenvalue weighted by molar-refractivity contribution is -0.115. The van der Waals surface area contributed by atoms with Gasteiger partial charge in [0.1, 0.15) is 0 Å². The molecule has 1 amide bonds. The SMILES string of the molecule is C=C(C)C(=O)NS(=O)(=O)C(C)(C)CC. The standard InChI is InChI=1S/C9H17NO3S/c1-6-9(4,5)14(12,13)10-8(11)7(2)3/h2,6H2,1,3-5H3,(H,10,11). The minimum absolute atomic E-state index is 0.181. The Kier molecular flexibility index (Phi) is 3.88. The van der Waals surface area contributed by atoms with Crippen LogP contribution in [0.25, 0.3) is 0 Å². The minimum Gasteiger partial charge on any atom is -0.269 e. The van der Waals surface area contributed by atoms with Gasteiger partial charge in [-0.3, -0.25) is 4.79 Å². The largest absolute Gasteiger partial charge is 0.269 e. The molecule has 0 rings (SSSR count). The van der Waals surface area contributed by atoms with E-state index in [0.717, 1.165) is 0 Å². The van der Waals surface area contributed by atoms with Crippen LogP contribution in [0.2, 0.25) is 0 Å². The van der Waals surface area contributed by atoms with Crippen molar-refractivity contribution in [2.75, 3.05) is 0 Å². The highest BCUT2D eigenvalue weighted by atomic mass is 32.2. The minimum atomic E-state index is -3.61. The van der Waals surface area contributed by atoms with Gasteiger partial charge < -0.3 is 0 Å². The topological polar surface area (TPSA) is 63.2 Å². The van der Waals surface area contributed by atoms with Gasteiger partial charge >= 0.3 is 0 Å². The maximum Gasteiger partial charge on any atom is 0.259 e. The van der Waals surface area contributed by atoms with Crippen molar-refractivity contribution >= 4 is 15.9 Å². The van der Waals surface area contributed by atoms with Gasteiger partial charge in [0.2, 0.25) is 10.0 Å². The van der Waals surface area contributed by atoms with Crippen LogP contribution in [0.15, 0.2) is 12.2 Å². The molecule has 0 aliphatic heterocycles. The molecule has 0 heterocycles. The molecule has 0 fully saturated rings. The summed E-state index contributed by atoms with van der Waals surface area (Å²) in [4.78, 5) is 11.1. The fourth-order valence-electron chi connectivity index (χ4n) is 0.537. The average Bonchev–Trinajstić information content (AvgIpc) is 2.03. The highest BCUT2D eigenvalue weighted by molar-refractivity contribution is 7.91. The van der Waals surface area contributed by atoms with Gasteiger partial charge in [-0.15, -0.1) is 0 Å². The molecule has 0 bridgehead atoms. The van der Waals surface area contributed by atoms with Crippen LogP contribution in [0.5, 0.6) is 0 Å². The van der Waals surface area contributed by atoms with Crippen LogP contribution in [0.1, 0.15) is 34.1 Å². The van der Waals surface area contributed by atoms with Crippen LogP contribution in [0.4, 0.5) is 0 Å². The van der Waals surface area contributed by atoms with Gasteiger partial charge in [-0.1, -0.05) is 13.5 Å². The third-order valence-corrected chi connectivity index (χ3v) is 4.39. The first-order valence-electron chi connectivity index (χ1n) is 4.36. The smallest absolute Gasteiger partial charge is 0.259 e. The van der Waals surface area contributed by atoms with Gasteiger partial charge in [-0.2, -0.15) is 0 Å². The van der Waals surface area contributed by atoms with E-state index in [9.17, 15) is 13.2 Å². The molecule has 0 saturated heterocycles. The predicted octanol–water partition coefficient (Wildman–Crippen LogP) is 1.20. The molecule has 0 aromatic heterocycles. The van der Waals surface area contributed by atoms with Crippen LogP contribution in [-0.2, 0) is 14.8 Å². The molecule has 4 nitrogen and oxygen atoms in total. The summed E-state index contributed by atoms with van der Waals surface area (Å²) >= 11 is 0. The number of carbonyl (C=O) groups excluding carboxylic acids is 1. The Balaban J connectivity index is 4.85. The number of hydrogen-bond acceptors (Lipinski definition) is 3. The van der Waals surface area contributed by atoms with Crippen LogP contribution in [0.3, 0.4) is 0 Å². The van der Waals surface area contributed by atoms with E-state index in [1.165, 1.54) is 6.92 Å². The van der Waals surface area contributed by atoms with Gasteiger partial charge in [0.25, 0.3) is 5.91 Å². The monoisotopic (exact) mass is 219 g/mol. The zero-order valence-corrected chi connectivity index (χ0v) is 9.86. The lowest BCUT2D eigenvalue weighted by Crippen LogP contribution is -2.44. The third kappa shape index (κ3) is 2.83. The van der Waals surface area contributed by atoms with Crippen molar-refractivity contribution in [3.63, 3.8) is 0 Å². The Bertz CT molecular complexity index is 341. The Morgan fingerprint density at radius 2 is 1.86 bits per heavy atom. The molecular formula is C9H17NO3S. The Morgan fingerprint density at radius 1 is 1.43 bits per heavy atom. The molecule has 0 aliphatic carbocycles. The van der Waals surface area contributed by atoms with Crippen molar-refractivity contribution in [2.45, 2.75) is 38.9 Å². The summed E-state index contributed by atoms with van der Waals surface area (Å²) in [6.07, 6.45) is 0.436. The molecule has 0 radical (unpaired) electrons. The van der Waals surface area contributed by atoms with Crippen molar-refractivity contribution in [2.24, 2.45) is 0 Å². The highest BCUT2D eigenvalue weighted by Crippen LogP contribution is 2.18. The van der Waals surface area contributed by atoms with Gasteiger partial charge in [0, 0.05) is 5.57 Å². The van der Waals surface area contributed by atoms with E-state index in [1.54, 1.807) is 20.8 Å². The molecule has 0 spiro atoms. The van der Waals surface area contributed by atoms with E-state index in [1.807, 2.05) is 4.72 Å². The molecule has 0 aliphatic rings. The van der Waals surface area contributed by atoms with E-state index in [0.29, 0.717) is 6.42 Å². The molecule has 5 heteroatoms. The van der Waals surface area contributed by atoms with Gasteiger partial charge in [0.15, 0.2) is 0 Å². The summed E-state index contributed by atoms with van der Waals surface area (Å²) in [5.74, 6) is -0.647. The Hall–Kier alpha value is -0.840. The van der Waals surface area contributed by atoms with Crippen molar-refractivity contribution in [1.82, 2.24) is 4.72 Å². The maximum atomic E-state index is 11.6. The summed E-state index contributed by atoms with van der Waals surface area (Å²) in [6.45, 7) is 9.73. The van der Waals surface area contributed by atoms with Gasteiger partial charge in [0.05, 0.1) is 4.75 Å². The molecule has 0 aromatic rings. The van der Waals surface area contributed by atoms with Crippen LogP contribution < -0.4 is 4.72 Å². The Morgan fingerprint density at radius 3 is 2.14 bits per heavy atom. The van der Waals surface area contributed by atoms with E-state index in [4.69, 9.17) is 0 Å². The average molecular weight is 219 g/mol. The van der Waals surface area contributed by atoms with E-state index < -0.39 is 20.7 Å². The van der Waals surface area contributed by atoms with Crippen molar-refractivity contribution in [1.29, 1.82) is 0 Å². The van der Waals surface area contributed by atoms with Crippen molar-refractivity contribution < 1.29 is 13.2 Å². The van der Waals surface area contributed by atoms with Crippen LogP contribution in [0, 0.1) is 0 Å². The zero-order chi connectivity index (χ0) is 11.6. The molecular weight excluding hydrogens is 202 g/mol. The molecule has 0 unspecified atom stereocenters. The second-order valence-corrected chi connectivity index (χ2v) is 6.14. The summed E-state index contributed by atoms with van der Waals surface area (Å²) in [5, 5.41) is 0. The van der Waals surface area contributed by atoms with Crippen LogP contribution >= 0.6 is 0 Å². The lowest BCUT2D eigenvalue weighted by atomic mass is 10.1. The van der Waals surface area contributed by atoms with Crippen molar-refractivity contribution in [3.05, 3.63) is 12.2 Å². The quantitative estimate of drug-likeness (QED) is 0.722. The molecule has 0 saturated carbocycles. The highest BCUT2D eigenvalue weighted by Gasteiger charge is 2.33. The number of sulfonamides is 1. The molecule has 1 N–H and O–H groups in total. The van der Waals surface area contributed by atoms with E-state index >= 15 is 0 Å². The first kappa shape index (κ1) is 13.2. The second-order valence-electron chi connectivity index (χ2n) is 3.83. The summed E-state index contributed by atoms with van der Waals surface area (Å²) in [7, 11) is -3.61. The summed E-state index contributed by atoms with van der Waals surface area (Å²) < 4.78 is 24.3. The van der Waals surface area contributed by atoms with E-state index in [-0.39, 0.29) is 5.57 Å². The van der Waals surface area contributed by atoms with Gasteiger partial charge in [-0.25, -0.2) is 13.1 Å². The Labute approximate surface area is 85.4 Å². The maximum absolute atomic E-state index is 11.6. The molecule has 82 valence electrons. The number of rotatable bonds is 4. The molecule has 0 aromatic carbocycles. The number of carbonyl (C=O) groups is 1. The second kappa shape index (κ2) is 4.13.